The number of aliphatic carboxylic acids is 2. The Morgan fingerprint density at radius 2 is 1.36 bits per heavy atom. The van der Waals surface area contributed by atoms with Crippen LogP contribution in [0.25, 0.3) is 12.2 Å². The molecule has 0 aromatic heterocycles. The molecule has 3 aromatic carbocycles. The van der Waals surface area contributed by atoms with Crippen LogP contribution < -0.4 is 4.74 Å². The summed E-state index contributed by atoms with van der Waals surface area (Å²) in [5.74, 6) is -7.09. The van der Waals surface area contributed by atoms with Crippen LogP contribution in [-0.4, -0.2) is 59.8 Å². The fourth-order valence-electron chi connectivity index (χ4n) is 3.18. The normalized spacial score (nSPS) is 12.2. The van der Waals surface area contributed by atoms with Gasteiger partial charge in [0, 0.05) is 12.5 Å². The predicted octanol–water partition coefficient (Wildman–Crippen LogP) is 2.97. The number of carboxylic acid groups (broad SMARTS) is 2. The second kappa shape index (κ2) is 12.1. The van der Waals surface area contributed by atoms with Gasteiger partial charge in [0.2, 0.25) is 11.9 Å². The number of ether oxygens (including phenoxy) is 2. The van der Waals surface area contributed by atoms with E-state index in [-0.39, 0.29) is 23.3 Å². The molecule has 0 aliphatic heterocycles. The highest BCUT2D eigenvalue weighted by Crippen LogP contribution is 2.31. The lowest BCUT2D eigenvalue weighted by atomic mass is 10.1. The van der Waals surface area contributed by atoms with Crippen molar-refractivity contribution in [3.63, 3.8) is 0 Å². The summed E-state index contributed by atoms with van der Waals surface area (Å²) in [4.78, 5) is 35.4. The summed E-state index contributed by atoms with van der Waals surface area (Å²) in [6.45, 7) is 0. The summed E-state index contributed by atoms with van der Waals surface area (Å²) in [5.41, 5.74) is 0.721. The third-order valence-corrected chi connectivity index (χ3v) is 5.12. The average Bonchev–Trinajstić information content (AvgIpc) is 2.87. The van der Waals surface area contributed by atoms with Gasteiger partial charge < -0.3 is 45.2 Å². The first-order valence-electron chi connectivity index (χ1n) is 11.0. The molecule has 0 fully saturated rings. The molecule has 0 saturated carbocycles. The Kier molecular flexibility index (Phi) is 8.64. The van der Waals surface area contributed by atoms with Crippen molar-refractivity contribution in [2.45, 2.75) is 12.5 Å². The third kappa shape index (κ3) is 7.67. The zero-order valence-electron chi connectivity index (χ0n) is 19.9. The minimum Gasteiger partial charge on any atom is -0.504 e. The minimum atomic E-state index is -1.60. The van der Waals surface area contributed by atoms with Crippen LogP contribution in [0.2, 0.25) is 0 Å². The molecule has 1 atom stereocenters. The number of aromatic hydroxyl groups is 5. The highest BCUT2D eigenvalue weighted by molar-refractivity contribution is 5.91. The van der Waals surface area contributed by atoms with Gasteiger partial charge in [0.25, 0.3) is 0 Å². The molecule has 0 spiro atoms. The summed E-state index contributed by atoms with van der Waals surface area (Å²) in [6, 6.07) is 11.0. The van der Waals surface area contributed by atoms with E-state index in [0.717, 1.165) is 36.4 Å². The van der Waals surface area contributed by atoms with E-state index in [1.54, 1.807) is 0 Å². The Labute approximate surface area is 220 Å². The van der Waals surface area contributed by atoms with Crippen LogP contribution in [0.15, 0.2) is 66.4 Å². The molecule has 7 N–H and O–H groups in total. The lowest BCUT2D eigenvalue weighted by Gasteiger charge is -2.13. The minimum absolute atomic E-state index is 0.177. The van der Waals surface area contributed by atoms with Crippen molar-refractivity contribution >= 4 is 30.1 Å². The fraction of sp³-hybridized carbons (Fsp3) is 0.0741. The monoisotopic (exact) mass is 538 g/mol. The topological polar surface area (TPSA) is 211 Å². The van der Waals surface area contributed by atoms with E-state index in [4.69, 9.17) is 9.47 Å². The SMILES string of the molecule is O=C(/C=C/c1ccc(O)c(O/C(=C/c2ccc(O)c(O)c2)C(=O)O)c1)OC(Cc1ccc(O)c(O)c1)C(=O)O. The number of hydrogen-bond donors (Lipinski definition) is 7. The molecule has 3 rings (SSSR count). The number of carbonyl (C=O) groups is 3. The molecule has 1 unspecified atom stereocenters. The lowest BCUT2D eigenvalue weighted by molar-refractivity contribution is -0.160. The van der Waals surface area contributed by atoms with Crippen LogP contribution in [0.4, 0.5) is 0 Å². The first-order chi connectivity index (χ1) is 18.4. The maximum absolute atomic E-state index is 12.2. The zero-order valence-corrected chi connectivity index (χ0v) is 19.9. The number of benzene rings is 3. The van der Waals surface area contributed by atoms with E-state index in [1.165, 1.54) is 36.4 Å². The highest BCUT2D eigenvalue weighted by Gasteiger charge is 2.22. The first kappa shape index (κ1) is 27.9. The number of carbonyl (C=O) groups excluding carboxylic acids is 1. The molecule has 0 heterocycles. The average molecular weight is 538 g/mol. The molecule has 3 aromatic rings. The van der Waals surface area contributed by atoms with Crippen LogP contribution in [0.1, 0.15) is 16.7 Å². The number of hydrogen-bond acceptors (Lipinski definition) is 10. The van der Waals surface area contributed by atoms with Gasteiger partial charge in [-0.1, -0.05) is 18.2 Å². The van der Waals surface area contributed by atoms with Crippen molar-refractivity contribution < 1.29 is 59.6 Å². The van der Waals surface area contributed by atoms with E-state index in [2.05, 4.69) is 0 Å². The molecule has 0 aliphatic carbocycles. The van der Waals surface area contributed by atoms with Crippen molar-refractivity contribution in [1.82, 2.24) is 0 Å². The molecule has 0 amide bonds. The van der Waals surface area contributed by atoms with Gasteiger partial charge in [-0.3, -0.25) is 0 Å². The van der Waals surface area contributed by atoms with Gasteiger partial charge in [-0.25, -0.2) is 14.4 Å². The summed E-state index contributed by atoms with van der Waals surface area (Å²) in [7, 11) is 0. The van der Waals surface area contributed by atoms with E-state index in [0.29, 0.717) is 5.56 Å². The van der Waals surface area contributed by atoms with E-state index < -0.39 is 58.5 Å². The van der Waals surface area contributed by atoms with Gasteiger partial charge >= 0.3 is 17.9 Å². The van der Waals surface area contributed by atoms with E-state index >= 15 is 0 Å². The smallest absolute Gasteiger partial charge is 0.371 e. The van der Waals surface area contributed by atoms with Crippen LogP contribution >= 0.6 is 0 Å². The van der Waals surface area contributed by atoms with Gasteiger partial charge in [-0.05, 0) is 65.2 Å². The molecule has 0 radical (unpaired) electrons. The van der Waals surface area contributed by atoms with Crippen LogP contribution in [0, 0.1) is 0 Å². The standard InChI is InChI=1S/C27H22O12/c28-17-5-2-15(9-20(17)31)12-23(26(34)35)38-22-11-14(1-7-19(22)30)4-8-25(33)39-24(27(36)37)13-16-3-6-18(29)21(32)10-16/h1-12,24,28-32H,13H2,(H,34,35)(H,36,37)/b8-4+,23-12+. The van der Waals surface area contributed by atoms with Crippen molar-refractivity contribution in [2.24, 2.45) is 0 Å². The fourth-order valence-corrected chi connectivity index (χ4v) is 3.18. The van der Waals surface area contributed by atoms with Gasteiger partial charge in [0.1, 0.15) is 0 Å². The largest absolute Gasteiger partial charge is 0.504 e. The summed E-state index contributed by atoms with van der Waals surface area (Å²) in [5, 5.41) is 66.9. The van der Waals surface area contributed by atoms with Gasteiger partial charge in [-0.2, -0.15) is 0 Å². The summed E-state index contributed by atoms with van der Waals surface area (Å²) >= 11 is 0. The second-order valence-corrected chi connectivity index (χ2v) is 8.02. The summed E-state index contributed by atoms with van der Waals surface area (Å²) in [6.07, 6.45) is 1.27. The number of phenolic OH excluding ortho intramolecular Hbond substituents is 5. The zero-order chi connectivity index (χ0) is 28.7. The first-order valence-corrected chi connectivity index (χ1v) is 11.0. The Bertz CT molecular complexity index is 1470. The molecule has 202 valence electrons. The Balaban J connectivity index is 1.74. The maximum Gasteiger partial charge on any atom is 0.371 e. The number of phenols is 5. The van der Waals surface area contributed by atoms with Crippen molar-refractivity contribution in [2.75, 3.05) is 0 Å². The van der Waals surface area contributed by atoms with Gasteiger partial charge in [0.05, 0.1) is 0 Å². The molecular weight excluding hydrogens is 516 g/mol. The van der Waals surface area contributed by atoms with Gasteiger partial charge in [-0.15, -0.1) is 0 Å². The van der Waals surface area contributed by atoms with Crippen LogP contribution in [-0.2, 0) is 25.5 Å². The van der Waals surface area contributed by atoms with Crippen molar-refractivity contribution in [1.29, 1.82) is 0 Å². The van der Waals surface area contributed by atoms with Crippen LogP contribution in [0.3, 0.4) is 0 Å². The maximum atomic E-state index is 12.2. The van der Waals surface area contributed by atoms with Crippen LogP contribution in [0.5, 0.6) is 34.5 Å². The molecule has 39 heavy (non-hydrogen) atoms. The third-order valence-electron chi connectivity index (χ3n) is 5.12. The molecule has 0 aliphatic rings. The Morgan fingerprint density at radius 3 is 1.97 bits per heavy atom. The second-order valence-electron chi connectivity index (χ2n) is 8.02. The van der Waals surface area contributed by atoms with Crippen molar-refractivity contribution in [3.8, 4) is 34.5 Å². The Morgan fingerprint density at radius 1 is 0.744 bits per heavy atom. The number of carboxylic acids is 2. The molecular formula is C27H22O12. The highest BCUT2D eigenvalue weighted by atomic mass is 16.6. The lowest BCUT2D eigenvalue weighted by Crippen LogP contribution is -2.28. The quantitative estimate of drug-likeness (QED) is 0.0859. The molecule has 12 nitrogen and oxygen atoms in total. The van der Waals surface area contributed by atoms with E-state index in [9.17, 15) is 50.1 Å². The predicted molar refractivity (Wildman–Crippen MR) is 134 cm³/mol. The summed E-state index contributed by atoms with van der Waals surface area (Å²) < 4.78 is 10.3. The van der Waals surface area contributed by atoms with E-state index in [1.807, 2.05) is 0 Å². The Hall–Kier alpha value is -5.65. The molecule has 12 heteroatoms. The molecule has 0 saturated heterocycles. The number of esters is 1. The van der Waals surface area contributed by atoms with Gasteiger partial charge in [0.15, 0.2) is 34.5 Å². The number of rotatable bonds is 10. The van der Waals surface area contributed by atoms with Crippen molar-refractivity contribution in [3.05, 3.63) is 83.1 Å². The molecule has 0 bridgehead atoms.